The van der Waals surface area contributed by atoms with Crippen LogP contribution in [0.2, 0.25) is 0 Å². The lowest BCUT2D eigenvalue weighted by Gasteiger charge is -2.15. The number of thiazole rings is 1. The van der Waals surface area contributed by atoms with Crippen LogP contribution in [-0.4, -0.2) is 27.1 Å². The minimum absolute atomic E-state index is 0.150. The van der Waals surface area contributed by atoms with Crippen molar-refractivity contribution in [3.63, 3.8) is 0 Å². The van der Waals surface area contributed by atoms with E-state index in [1.54, 1.807) is 12.3 Å². The lowest BCUT2D eigenvalue weighted by molar-refractivity contribution is 0.0691. The Labute approximate surface area is 125 Å². The number of pyridine rings is 1. The zero-order valence-electron chi connectivity index (χ0n) is 11.2. The van der Waals surface area contributed by atoms with Crippen LogP contribution in [0.15, 0.2) is 29.9 Å². The molecule has 2 rings (SSSR count). The van der Waals surface area contributed by atoms with Crippen molar-refractivity contribution in [2.24, 2.45) is 0 Å². The van der Waals surface area contributed by atoms with Crippen LogP contribution >= 0.6 is 11.3 Å². The second-order valence-corrected chi connectivity index (χ2v) is 5.06. The number of hydrogen-bond acceptors (Lipinski definition) is 5. The number of rotatable bonds is 5. The van der Waals surface area contributed by atoms with Gasteiger partial charge in [0.15, 0.2) is 5.69 Å². The Morgan fingerprint density at radius 2 is 2.19 bits per heavy atom. The van der Waals surface area contributed by atoms with Crippen LogP contribution in [0.1, 0.15) is 34.9 Å². The van der Waals surface area contributed by atoms with Crippen LogP contribution in [0.4, 0.5) is 10.5 Å². The molecule has 0 aromatic carbocycles. The molecule has 0 aliphatic rings. The first-order valence-electron chi connectivity index (χ1n) is 6.27. The van der Waals surface area contributed by atoms with E-state index in [9.17, 15) is 9.59 Å². The first-order valence-corrected chi connectivity index (χ1v) is 7.15. The van der Waals surface area contributed by atoms with Crippen LogP contribution in [0.25, 0.3) is 0 Å². The monoisotopic (exact) mass is 306 g/mol. The summed E-state index contributed by atoms with van der Waals surface area (Å²) in [6, 6.07) is 2.34. The van der Waals surface area contributed by atoms with Crippen molar-refractivity contribution in [2.75, 3.05) is 5.32 Å². The van der Waals surface area contributed by atoms with Gasteiger partial charge < -0.3 is 15.7 Å². The highest BCUT2D eigenvalue weighted by molar-refractivity contribution is 7.09. The van der Waals surface area contributed by atoms with E-state index in [4.69, 9.17) is 5.11 Å². The highest BCUT2D eigenvalue weighted by Crippen LogP contribution is 2.19. The van der Waals surface area contributed by atoms with Crippen LogP contribution < -0.4 is 10.6 Å². The predicted octanol–water partition coefficient (Wildman–Crippen LogP) is 2.51. The smallest absolute Gasteiger partial charge is 0.356 e. The topological polar surface area (TPSA) is 104 Å². The third kappa shape index (κ3) is 3.76. The van der Waals surface area contributed by atoms with E-state index in [1.165, 1.54) is 23.6 Å². The molecule has 21 heavy (non-hydrogen) atoms. The van der Waals surface area contributed by atoms with Crippen molar-refractivity contribution in [2.45, 2.75) is 19.4 Å². The number of anilines is 1. The Bertz CT molecular complexity index is 630. The summed E-state index contributed by atoms with van der Waals surface area (Å²) in [7, 11) is 0. The maximum absolute atomic E-state index is 12.0. The van der Waals surface area contributed by atoms with Gasteiger partial charge in [-0.05, 0) is 18.6 Å². The molecule has 2 amide bonds. The van der Waals surface area contributed by atoms with Crippen molar-refractivity contribution < 1.29 is 14.7 Å². The zero-order valence-corrected chi connectivity index (χ0v) is 12.1. The molecule has 0 radical (unpaired) electrons. The molecule has 0 aliphatic carbocycles. The number of nitrogens with one attached hydrogen (secondary N) is 2. The number of aromatic nitrogens is 2. The third-order valence-electron chi connectivity index (χ3n) is 2.72. The molecule has 110 valence electrons. The standard InChI is InChI=1S/C13H14N4O3S/c1-2-8(11-15-6-7-21-11)16-13(20)17-9-4-3-5-14-10(9)12(18)19/h3-8H,2H2,1H3,(H,18,19)(H2,16,17,20). The summed E-state index contributed by atoms with van der Waals surface area (Å²) in [6.07, 6.45) is 3.71. The molecule has 2 heterocycles. The van der Waals surface area contributed by atoms with E-state index in [0.717, 1.165) is 5.01 Å². The average molecular weight is 306 g/mol. The van der Waals surface area contributed by atoms with Gasteiger partial charge in [0.2, 0.25) is 0 Å². The number of hydrogen-bond donors (Lipinski definition) is 3. The van der Waals surface area contributed by atoms with Crippen LogP contribution in [0.3, 0.4) is 0 Å². The molecule has 0 bridgehead atoms. The Balaban J connectivity index is 2.07. The molecular formula is C13H14N4O3S. The summed E-state index contributed by atoms with van der Waals surface area (Å²) in [4.78, 5) is 30.9. The molecule has 2 aromatic rings. The highest BCUT2D eigenvalue weighted by atomic mass is 32.1. The fourth-order valence-electron chi connectivity index (χ4n) is 1.74. The summed E-state index contributed by atoms with van der Waals surface area (Å²) in [6.45, 7) is 1.93. The number of aromatic carboxylic acids is 1. The van der Waals surface area contributed by atoms with E-state index in [0.29, 0.717) is 6.42 Å². The highest BCUT2D eigenvalue weighted by Gasteiger charge is 2.17. The molecular weight excluding hydrogens is 292 g/mol. The van der Waals surface area contributed by atoms with Crippen LogP contribution in [0.5, 0.6) is 0 Å². The fourth-order valence-corrected chi connectivity index (χ4v) is 2.51. The Morgan fingerprint density at radius 3 is 2.81 bits per heavy atom. The predicted molar refractivity (Wildman–Crippen MR) is 78.5 cm³/mol. The van der Waals surface area contributed by atoms with E-state index in [1.807, 2.05) is 12.3 Å². The molecule has 8 heteroatoms. The third-order valence-corrected chi connectivity index (χ3v) is 3.61. The number of carbonyl (C=O) groups is 2. The molecule has 3 N–H and O–H groups in total. The van der Waals surface area contributed by atoms with Gasteiger partial charge in [0, 0.05) is 17.8 Å². The van der Waals surface area contributed by atoms with Gasteiger partial charge in [-0.15, -0.1) is 11.3 Å². The van der Waals surface area contributed by atoms with Gasteiger partial charge in [0.1, 0.15) is 5.01 Å². The molecule has 0 saturated carbocycles. The van der Waals surface area contributed by atoms with Gasteiger partial charge in [-0.25, -0.2) is 19.6 Å². The van der Waals surface area contributed by atoms with Gasteiger partial charge >= 0.3 is 12.0 Å². The fraction of sp³-hybridized carbons (Fsp3) is 0.231. The van der Waals surface area contributed by atoms with E-state index in [-0.39, 0.29) is 17.4 Å². The largest absolute Gasteiger partial charge is 0.476 e. The van der Waals surface area contributed by atoms with Gasteiger partial charge in [-0.3, -0.25) is 0 Å². The molecule has 0 saturated heterocycles. The quantitative estimate of drug-likeness (QED) is 0.787. The summed E-state index contributed by atoms with van der Waals surface area (Å²) < 4.78 is 0. The first-order chi connectivity index (χ1) is 10.1. The number of carboxylic acid groups (broad SMARTS) is 1. The van der Waals surface area contributed by atoms with Crippen molar-refractivity contribution >= 4 is 29.0 Å². The first kappa shape index (κ1) is 14.9. The Hall–Kier alpha value is -2.48. The second-order valence-electron chi connectivity index (χ2n) is 4.13. The second kappa shape index (κ2) is 6.80. The van der Waals surface area contributed by atoms with E-state index < -0.39 is 12.0 Å². The lowest BCUT2D eigenvalue weighted by Crippen LogP contribution is -2.32. The number of urea groups is 1. The Morgan fingerprint density at radius 1 is 1.38 bits per heavy atom. The number of nitrogens with zero attached hydrogens (tertiary/aromatic N) is 2. The van der Waals surface area contributed by atoms with Gasteiger partial charge in [0.25, 0.3) is 0 Å². The van der Waals surface area contributed by atoms with Crippen molar-refractivity contribution in [3.8, 4) is 0 Å². The van der Waals surface area contributed by atoms with Gasteiger partial charge in [0.05, 0.1) is 11.7 Å². The summed E-state index contributed by atoms with van der Waals surface area (Å²) in [5.41, 5.74) is -0.0496. The van der Waals surface area contributed by atoms with Gasteiger partial charge in [-0.2, -0.15) is 0 Å². The number of amides is 2. The molecule has 1 atom stereocenters. The average Bonchev–Trinajstić information content (AvgIpc) is 2.99. The summed E-state index contributed by atoms with van der Waals surface area (Å²) >= 11 is 1.45. The Kier molecular flexibility index (Phi) is 4.83. The maximum atomic E-state index is 12.0. The minimum Gasteiger partial charge on any atom is -0.476 e. The molecule has 2 aromatic heterocycles. The van der Waals surface area contributed by atoms with E-state index in [2.05, 4.69) is 20.6 Å². The SMILES string of the molecule is CCC(NC(=O)Nc1cccnc1C(=O)O)c1nccs1. The molecule has 0 aliphatic heterocycles. The van der Waals surface area contributed by atoms with Gasteiger partial charge in [-0.1, -0.05) is 6.92 Å². The summed E-state index contributed by atoms with van der Waals surface area (Å²) in [5.74, 6) is -1.20. The van der Waals surface area contributed by atoms with Crippen molar-refractivity contribution in [1.82, 2.24) is 15.3 Å². The molecule has 0 fully saturated rings. The molecule has 1 unspecified atom stereocenters. The maximum Gasteiger partial charge on any atom is 0.356 e. The molecule has 7 nitrogen and oxygen atoms in total. The molecule has 0 spiro atoms. The zero-order chi connectivity index (χ0) is 15.2. The minimum atomic E-state index is -1.20. The normalized spacial score (nSPS) is 11.7. The summed E-state index contributed by atoms with van der Waals surface area (Å²) in [5, 5.41) is 16.9. The number of carboxylic acids is 1. The van der Waals surface area contributed by atoms with Crippen molar-refractivity contribution in [1.29, 1.82) is 0 Å². The van der Waals surface area contributed by atoms with Crippen molar-refractivity contribution in [3.05, 3.63) is 40.6 Å². The lowest BCUT2D eigenvalue weighted by atomic mass is 10.2. The van der Waals surface area contributed by atoms with Crippen LogP contribution in [0, 0.1) is 0 Å². The number of carbonyl (C=O) groups excluding carboxylic acids is 1. The van der Waals surface area contributed by atoms with Crippen LogP contribution in [-0.2, 0) is 0 Å². The van der Waals surface area contributed by atoms with E-state index >= 15 is 0 Å².